The molecule has 1 unspecified atom stereocenters. The number of hydrogen-bond acceptors (Lipinski definition) is 5. The van der Waals surface area contributed by atoms with Crippen molar-refractivity contribution < 1.29 is 0 Å². The molecule has 0 saturated carbocycles. The Labute approximate surface area is 121 Å². The van der Waals surface area contributed by atoms with E-state index in [0.717, 1.165) is 30.3 Å². The van der Waals surface area contributed by atoms with E-state index in [1.807, 2.05) is 46.9 Å². The molecule has 0 spiro atoms. The molecule has 4 rings (SSSR count). The zero-order valence-corrected chi connectivity index (χ0v) is 11.6. The normalized spacial score (nSPS) is 17.3. The molecular formula is C14H15N7. The molecule has 0 fully saturated rings. The van der Waals surface area contributed by atoms with Crippen LogP contribution in [-0.4, -0.2) is 36.1 Å². The van der Waals surface area contributed by atoms with E-state index >= 15 is 0 Å². The van der Waals surface area contributed by atoms with Crippen molar-refractivity contribution in [2.75, 3.05) is 11.9 Å². The number of nitrogens with zero attached hydrogens (tertiary/aromatic N) is 6. The fourth-order valence-corrected chi connectivity index (χ4v) is 2.69. The van der Waals surface area contributed by atoms with Crippen molar-refractivity contribution in [3.63, 3.8) is 0 Å². The Morgan fingerprint density at radius 3 is 2.95 bits per heavy atom. The summed E-state index contributed by atoms with van der Waals surface area (Å²) in [6.45, 7) is 0.871. The van der Waals surface area contributed by atoms with Gasteiger partial charge in [0.2, 0.25) is 11.8 Å². The molecule has 21 heavy (non-hydrogen) atoms. The van der Waals surface area contributed by atoms with Crippen LogP contribution in [0, 0.1) is 0 Å². The molecule has 1 aliphatic heterocycles. The van der Waals surface area contributed by atoms with Gasteiger partial charge in [0.15, 0.2) is 0 Å². The van der Waals surface area contributed by atoms with E-state index in [9.17, 15) is 0 Å². The summed E-state index contributed by atoms with van der Waals surface area (Å²) >= 11 is 0. The number of rotatable bonds is 2. The van der Waals surface area contributed by atoms with Gasteiger partial charge in [0.1, 0.15) is 5.69 Å². The SMILES string of the molecule is Cn1nccc1C1CCNc2nc(-c3ccccn3)nn21. The average Bonchev–Trinajstić information content (AvgIpc) is 3.14. The summed E-state index contributed by atoms with van der Waals surface area (Å²) in [4.78, 5) is 8.87. The van der Waals surface area contributed by atoms with Crippen molar-refractivity contribution >= 4 is 5.95 Å². The van der Waals surface area contributed by atoms with Gasteiger partial charge in [-0.15, -0.1) is 5.10 Å². The van der Waals surface area contributed by atoms with Gasteiger partial charge in [0.25, 0.3) is 0 Å². The van der Waals surface area contributed by atoms with Crippen molar-refractivity contribution in [3.8, 4) is 11.5 Å². The zero-order valence-electron chi connectivity index (χ0n) is 11.6. The van der Waals surface area contributed by atoms with Crippen molar-refractivity contribution in [1.82, 2.24) is 29.5 Å². The largest absolute Gasteiger partial charge is 0.354 e. The lowest BCUT2D eigenvalue weighted by atomic mass is 10.1. The Morgan fingerprint density at radius 1 is 1.24 bits per heavy atom. The van der Waals surface area contributed by atoms with Crippen LogP contribution in [0.25, 0.3) is 11.5 Å². The van der Waals surface area contributed by atoms with Gasteiger partial charge in [-0.1, -0.05) is 6.07 Å². The predicted octanol–water partition coefficient (Wildman–Crippen LogP) is 1.48. The van der Waals surface area contributed by atoms with Crippen LogP contribution >= 0.6 is 0 Å². The third-order valence-electron chi connectivity index (χ3n) is 3.72. The standard InChI is InChI=1S/C14H15N7/c1-20-11(6-9-17-20)12-5-8-16-14-18-13(19-21(12)14)10-4-2-3-7-15-10/h2-4,6-7,9,12H,5,8H2,1H3,(H,16,18,19). The van der Waals surface area contributed by atoms with E-state index in [0.29, 0.717) is 5.82 Å². The summed E-state index contributed by atoms with van der Waals surface area (Å²) in [5.41, 5.74) is 1.92. The molecule has 0 radical (unpaired) electrons. The molecular weight excluding hydrogens is 266 g/mol. The molecule has 0 saturated heterocycles. The summed E-state index contributed by atoms with van der Waals surface area (Å²) < 4.78 is 3.83. The topological polar surface area (TPSA) is 73.5 Å². The van der Waals surface area contributed by atoms with E-state index in [2.05, 4.69) is 25.5 Å². The first-order valence-corrected chi connectivity index (χ1v) is 6.92. The van der Waals surface area contributed by atoms with Gasteiger partial charge in [-0.3, -0.25) is 9.67 Å². The quantitative estimate of drug-likeness (QED) is 0.770. The van der Waals surface area contributed by atoms with E-state index in [1.54, 1.807) is 6.20 Å². The first kappa shape index (κ1) is 12.1. The molecule has 106 valence electrons. The van der Waals surface area contributed by atoms with Crippen molar-refractivity contribution in [2.24, 2.45) is 7.05 Å². The van der Waals surface area contributed by atoms with Crippen molar-refractivity contribution in [2.45, 2.75) is 12.5 Å². The maximum absolute atomic E-state index is 4.64. The van der Waals surface area contributed by atoms with Gasteiger partial charge in [-0.25, -0.2) is 4.68 Å². The Bertz CT molecular complexity index is 759. The molecule has 4 heterocycles. The monoisotopic (exact) mass is 281 g/mol. The first-order valence-electron chi connectivity index (χ1n) is 6.92. The third-order valence-corrected chi connectivity index (χ3v) is 3.72. The predicted molar refractivity (Wildman–Crippen MR) is 77.7 cm³/mol. The average molecular weight is 281 g/mol. The van der Waals surface area contributed by atoms with Crippen LogP contribution in [-0.2, 0) is 7.05 Å². The highest BCUT2D eigenvalue weighted by atomic mass is 15.4. The second-order valence-corrected chi connectivity index (χ2v) is 5.03. The summed E-state index contributed by atoms with van der Waals surface area (Å²) in [5.74, 6) is 1.43. The summed E-state index contributed by atoms with van der Waals surface area (Å²) in [5, 5.41) is 12.2. The second-order valence-electron chi connectivity index (χ2n) is 5.03. The van der Waals surface area contributed by atoms with E-state index in [4.69, 9.17) is 0 Å². The van der Waals surface area contributed by atoms with Crippen molar-refractivity contribution in [1.29, 1.82) is 0 Å². The highest BCUT2D eigenvalue weighted by Crippen LogP contribution is 2.29. The van der Waals surface area contributed by atoms with Crippen LogP contribution in [0.2, 0.25) is 0 Å². The lowest BCUT2D eigenvalue weighted by molar-refractivity contribution is 0.451. The van der Waals surface area contributed by atoms with E-state index < -0.39 is 0 Å². The van der Waals surface area contributed by atoms with Gasteiger partial charge < -0.3 is 5.32 Å². The molecule has 0 bridgehead atoms. The smallest absolute Gasteiger partial charge is 0.222 e. The molecule has 1 atom stereocenters. The van der Waals surface area contributed by atoms with Crippen LogP contribution in [0.3, 0.4) is 0 Å². The molecule has 7 nitrogen and oxygen atoms in total. The Morgan fingerprint density at radius 2 is 2.19 bits per heavy atom. The van der Waals surface area contributed by atoms with Gasteiger partial charge in [-0.2, -0.15) is 10.1 Å². The molecule has 1 aliphatic rings. The number of fused-ring (bicyclic) bond motifs is 1. The van der Waals surface area contributed by atoms with Crippen LogP contribution in [0.5, 0.6) is 0 Å². The van der Waals surface area contributed by atoms with E-state index in [1.165, 1.54) is 0 Å². The molecule has 7 heteroatoms. The zero-order chi connectivity index (χ0) is 14.2. The maximum atomic E-state index is 4.64. The van der Waals surface area contributed by atoms with Crippen LogP contribution < -0.4 is 5.32 Å². The first-order chi connectivity index (χ1) is 10.3. The Balaban J connectivity index is 1.79. The Kier molecular flexibility index (Phi) is 2.70. The molecule has 0 aromatic carbocycles. The highest BCUT2D eigenvalue weighted by Gasteiger charge is 2.26. The number of aryl methyl sites for hydroxylation is 1. The number of hydrogen-bond donors (Lipinski definition) is 1. The van der Waals surface area contributed by atoms with Gasteiger partial charge >= 0.3 is 0 Å². The van der Waals surface area contributed by atoms with E-state index in [-0.39, 0.29) is 6.04 Å². The third kappa shape index (κ3) is 1.97. The second kappa shape index (κ2) is 4.69. The van der Waals surface area contributed by atoms with Gasteiger partial charge in [-0.05, 0) is 24.6 Å². The van der Waals surface area contributed by atoms with Crippen LogP contribution in [0.4, 0.5) is 5.95 Å². The summed E-state index contributed by atoms with van der Waals surface area (Å²) in [6, 6.07) is 7.92. The minimum atomic E-state index is 0.152. The number of aromatic nitrogens is 6. The fraction of sp³-hybridized carbons (Fsp3) is 0.286. The lowest BCUT2D eigenvalue weighted by Crippen LogP contribution is -2.26. The molecule has 0 aliphatic carbocycles. The molecule has 1 N–H and O–H groups in total. The number of anilines is 1. The molecule has 3 aromatic rings. The van der Waals surface area contributed by atoms with Crippen LogP contribution in [0.15, 0.2) is 36.7 Å². The summed E-state index contributed by atoms with van der Waals surface area (Å²) in [7, 11) is 1.95. The minimum absolute atomic E-state index is 0.152. The lowest BCUT2D eigenvalue weighted by Gasteiger charge is -2.24. The Hall–Kier alpha value is -2.70. The van der Waals surface area contributed by atoms with Crippen LogP contribution in [0.1, 0.15) is 18.2 Å². The minimum Gasteiger partial charge on any atom is -0.354 e. The highest BCUT2D eigenvalue weighted by molar-refractivity contribution is 5.51. The fourth-order valence-electron chi connectivity index (χ4n) is 2.69. The van der Waals surface area contributed by atoms with Gasteiger partial charge in [0, 0.05) is 26.0 Å². The van der Waals surface area contributed by atoms with Crippen molar-refractivity contribution in [3.05, 3.63) is 42.4 Å². The molecule has 3 aromatic heterocycles. The number of nitrogens with one attached hydrogen (secondary N) is 1. The maximum Gasteiger partial charge on any atom is 0.222 e. The summed E-state index contributed by atoms with van der Waals surface area (Å²) in [6.07, 6.45) is 4.52. The number of pyridine rings is 1. The molecule has 0 amide bonds. The van der Waals surface area contributed by atoms with Gasteiger partial charge in [0.05, 0.1) is 11.7 Å².